The Kier molecular flexibility index (Phi) is 4.55. The lowest BCUT2D eigenvalue weighted by molar-refractivity contribution is 0.321. The van der Waals surface area contributed by atoms with Crippen molar-refractivity contribution in [2.75, 3.05) is 6.61 Å². The Labute approximate surface area is 95.2 Å². The molecule has 15 heavy (non-hydrogen) atoms. The quantitative estimate of drug-likeness (QED) is 0.710. The molecular weight excluding hydrogens is 200 g/mol. The monoisotopic (exact) mass is 222 g/mol. The molecule has 1 unspecified atom stereocenters. The summed E-state index contributed by atoms with van der Waals surface area (Å²) in [5.41, 5.74) is 1.41. The molecule has 0 spiro atoms. The summed E-state index contributed by atoms with van der Waals surface area (Å²) >= 11 is 0. The van der Waals surface area contributed by atoms with Crippen LogP contribution in [0.5, 0.6) is 0 Å². The first-order valence-corrected chi connectivity index (χ1v) is 7.56. The number of hydrogen-bond donors (Lipinski definition) is 0. The van der Waals surface area contributed by atoms with Crippen LogP contribution in [-0.2, 0) is 10.5 Å². The Morgan fingerprint density at radius 2 is 1.73 bits per heavy atom. The van der Waals surface area contributed by atoms with E-state index >= 15 is 0 Å². The third-order valence-electron chi connectivity index (χ3n) is 2.60. The first kappa shape index (κ1) is 12.5. The lowest BCUT2D eigenvalue weighted by Gasteiger charge is -2.28. The summed E-state index contributed by atoms with van der Waals surface area (Å²) in [6, 6.07) is 11.8. The summed E-state index contributed by atoms with van der Waals surface area (Å²) in [6.07, 6.45) is 0. The lowest BCUT2D eigenvalue weighted by Crippen LogP contribution is -2.32. The average Bonchev–Trinajstić information content (AvgIpc) is 2.17. The van der Waals surface area contributed by atoms with E-state index < -0.39 is 9.04 Å². The van der Waals surface area contributed by atoms with Gasteiger partial charge in [0.05, 0.1) is 0 Å². The minimum atomic E-state index is -1.15. The van der Waals surface area contributed by atoms with Crippen molar-refractivity contribution in [3.63, 3.8) is 0 Å². The molecule has 0 saturated carbocycles. The van der Waals surface area contributed by atoms with Crippen molar-refractivity contribution < 1.29 is 4.43 Å². The summed E-state index contributed by atoms with van der Waals surface area (Å²) < 4.78 is 5.95. The van der Waals surface area contributed by atoms with Crippen molar-refractivity contribution in [3.8, 4) is 0 Å². The SMILES string of the molecule is CCO[SiH](Cc1ccccc1)C(C)(C)C. The summed E-state index contributed by atoms with van der Waals surface area (Å²) in [5, 5.41) is 0.339. The highest BCUT2D eigenvalue weighted by molar-refractivity contribution is 6.54. The van der Waals surface area contributed by atoms with Crippen LogP contribution in [0.25, 0.3) is 0 Å². The molecule has 2 heteroatoms. The van der Waals surface area contributed by atoms with Crippen molar-refractivity contribution in [1.29, 1.82) is 0 Å². The molecule has 0 heterocycles. The van der Waals surface area contributed by atoms with Gasteiger partial charge in [0.15, 0.2) is 9.04 Å². The van der Waals surface area contributed by atoms with Gasteiger partial charge in [-0.2, -0.15) is 0 Å². The molecule has 0 aliphatic rings. The van der Waals surface area contributed by atoms with Gasteiger partial charge in [-0.1, -0.05) is 51.1 Å². The second-order valence-electron chi connectivity index (χ2n) is 5.00. The Morgan fingerprint density at radius 3 is 2.20 bits per heavy atom. The maximum atomic E-state index is 5.95. The fourth-order valence-electron chi connectivity index (χ4n) is 1.64. The van der Waals surface area contributed by atoms with Gasteiger partial charge in [0.2, 0.25) is 0 Å². The van der Waals surface area contributed by atoms with Crippen LogP contribution >= 0.6 is 0 Å². The van der Waals surface area contributed by atoms with Crippen LogP contribution in [0.1, 0.15) is 33.3 Å². The third-order valence-corrected chi connectivity index (χ3v) is 6.11. The van der Waals surface area contributed by atoms with E-state index in [4.69, 9.17) is 4.43 Å². The Hall–Kier alpha value is -0.603. The number of benzene rings is 1. The zero-order valence-electron chi connectivity index (χ0n) is 10.3. The van der Waals surface area contributed by atoms with E-state index in [0.717, 1.165) is 12.7 Å². The van der Waals surface area contributed by atoms with Crippen molar-refractivity contribution in [1.82, 2.24) is 0 Å². The van der Waals surface area contributed by atoms with Gasteiger partial charge in [0.1, 0.15) is 0 Å². The first-order valence-electron chi connectivity index (χ1n) is 5.69. The van der Waals surface area contributed by atoms with Gasteiger partial charge >= 0.3 is 0 Å². The van der Waals surface area contributed by atoms with Crippen LogP contribution in [0, 0.1) is 0 Å². The van der Waals surface area contributed by atoms with Gasteiger partial charge in [-0.15, -0.1) is 0 Å². The molecule has 1 rings (SSSR count). The smallest absolute Gasteiger partial charge is 0.186 e. The highest BCUT2D eigenvalue weighted by atomic mass is 28.3. The molecule has 0 bridgehead atoms. The fourth-order valence-corrected chi connectivity index (χ4v) is 3.98. The highest BCUT2D eigenvalue weighted by Gasteiger charge is 2.27. The van der Waals surface area contributed by atoms with Crippen molar-refractivity contribution in [2.45, 2.75) is 38.8 Å². The molecule has 0 aliphatic heterocycles. The molecule has 84 valence electrons. The minimum absolute atomic E-state index is 0.339. The van der Waals surface area contributed by atoms with Gasteiger partial charge < -0.3 is 4.43 Å². The van der Waals surface area contributed by atoms with Crippen LogP contribution in [0.15, 0.2) is 30.3 Å². The Balaban J connectivity index is 2.67. The molecule has 1 aromatic rings. The molecular formula is C13H22OSi. The fraction of sp³-hybridized carbons (Fsp3) is 0.538. The number of hydrogen-bond acceptors (Lipinski definition) is 1. The molecule has 0 radical (unpaired) electrons. The molecule has 0 aliphatic carbocycles. The van der Waals surface area contributed by atoms with Crippen LogP contribution < -0.4 is 0 Å². The Morgan fingerprint density at radius 1 is 1.13 bits per heavy atom. The van der Waals surface area contributed by atoms with Gasteiger partial charge in [-0.3, -0.25) is 0 Å². The van der Waals surface area contributed by atoms with E-state index in [2.05, 4.69) is 58.0 Å². The van der Waals surface area contributed by atoms with Crippen LogP contribution in [0.2, 0.25) is 5.04 Å². The average molecular weight is 222 g/mol. The molecule has 1 nitrogen and oxygen atoms in total. The zero-order valence-corrected chi connectivity index (χ0v) is 11.4. The molecule has 0 saturated heterocycles. The van der Waals surface area contributed by atoms with Gasteiger partial charge in [0, 0.05) is 6.61 Å². The predicted octanol–water partition coefficient (Wildman–Crippen LogP) is 3.33. The zero-order chi connectivity index (χ0) is 11.3. The predicted molar refractivity (Wildman–Crippen MR) is 68.6 cm³/mol. The second-order valence-corrected chi connectivity index (χ2v) is 8.45. The molecule has 0 N–H and O–H groups in total. The molecule has 0 amide bonds. The van der Waals surface area contributed by atoms with Crippen molar-refractivity contribution in [3.05, 3.63) is 35.9 Å². The topological polar surface area (TPSA) is 9.23 Å². The van der Waals surface area contributed by atoms with E-state index in [-0.39, 0.29) is 0 Å². The summed E-state index contributed by atoms with van der Waals surface area (Å²) in [4.78, 5) is 0. The first-order chi connectivity index (χ1) is 7.04. The number of rotatable bonds is 4. The minimum Gasteiger partial charge on any atom is -0.419 e. The largest absolute Gasteiger partial charge is 0.419 e. The maximum absolute atomic E-state index is 5.95. The van der Waals surface area contributed by atoms with E-state index in [9.17, 15) is 0 Å². The summed E-state index contributed by atoms with van der Waals surface area (Å²) in [7, 11) is -1.15. The third kappa shape index (κ3) is 4.18. The van der Waals surface area contributed by atoms with E-state index in [1.807, 2.05) is 0 Å². The second kappa shape index (κ2) is 5.47. The Bertz CT molecular complexity index is 276. The standard InChI is InChI=1S/C13H22OSi/c1-5-14-15(13(2,3)4)11-12-9-7-6-8-10-12/h6-10,15H,5,11H2,1-4H3. The summed E-state index contributed by atoms with van der Waals surface area (Å²) in [5.74, 6) is 0. The normalized spacial score (nSPS) is 13.9. The van der Waals surface area contributed by atoms with Gasteiger partial charge in [-0.25, -0.2) is 0 Å². The summed E-state index contributed by atoms with van der Waals surface area (Å²) in [6.45, 7) is 9.82. The van der Waals surface area contributed by atoms with Crippen LogP contribution in [0.3, 0.4) is 0 Å². The van der Waals surface area contributed by atoms with E-state index in [0.29, 0.717) is 5.04 Å². The molecule has 0 fully saturated rings. The molecule has 1 aromatic carbocycles. The highest BCUT2D eigenvalue weighted by Crippen LogP contribution is 2.29. The molecule has 0 aromatic heterocycles. The van der Waals surface area contributed by atoms with E-state index in [1.54, 1.807) is 0 Å². The van der Waals surface area contributed by atoms with Gasteiger partial charge in [-0.05, 0) is 23.6 Å². The molecule has 1 atom stereocenters. The maximum Gasteiger partial charge on any atom is 0.186 e. The van der Waals surface area contributed by atoms with Crippen molar-refractivity contribution >= 4 is 9.04 Å². The van der Waals surface area contributed by atoms with Crippen LogP contribution in [0.4, 0.5) is 0 Å². The van der Waals surface area contributed by atoms with Gasteiger partial charge in [0.25, 0.3) is 0 Å². The van der Waals surface area contributed by atoms with E-state index in [1.165, 1.54) is 5.56 Å². The lowest BCUT2D eigenvalue weighted by atomic mass is 10.2. The van der Waals surface area contributed by atoms with Crippen LogP contribution in [-0.4, -0.2) is 15.6 Å². The van der Waals surface area contributed by atoms with Crippen molar-refractivity contribution in [2.24, 2.45) is 0 Å².